The zero-order chi connectivity index (χ0) is 13.2. The summed E-state index contributed by atoms with van der Waals surface area (Å²) in [6.45, 7) is 2.47. The van der Waals surface area contributed by atoms with Crippen LogP contribution in [-0.4, -0.2) is 55.6 Å². The Morgan fingerprint density at radius 2 is 1.83 bits per heavy atom. The van der Waals surface area contributed by atoms with Gasteiger partial charge >= 0.3 is 0 Å². The van der Waals surface area contributed by atoms with E-state index in [-0.39, 0.29) is 0 Å². The Morgan fingerprint density at radius 3 is 2.33 bits per heavy atom. The molecule has 18 heavy (non-hydrogen) atoms. The first kappa shape index (κ1) is 14.3. The van der Waals surface area contributed by atoms with Gasteiger partial charge in [0.2, 0.25) is 0 Å². The zero-order valence-corrected chi connectivity index (χ0v) is 12.5. The fraction of sp³-hybridized carbons (Fsp3) is 1.00. The first-order valence-electron chi connectivity index (χ1n) is 7.63. The molecule has 0 amide bonds. The summed E-state index contributed by atoms with van der Waals surface area (Å²) in [4.78, 5) is 5.00. The third-order valence-corrected chi connectivity index (χ3v) is 5.19. The molecule has 2 N–H and O–H groups in total. The smallest absolute Gasteiger partial charge is 0.0330 e. The average Bonchev–Trinajstić information content (AvgIpc) is 2.23. The van der Waals surface area contributed by atoms with Gasteiger partial charge in [0.25, 0.3) is 0 Å². The van der Waals surface area contributed by atoms with E-state index >= 15 is 0 Å². The van der Waals surface area contributed by atoms with Crippen molar-refractivity contribution in [3.05, 3.63) is 0 Å². The van der Waals surface area contributed by atoms with Gasteiger partial charge in [-0.2, -0.15) is 0 Å². The molecule has 106 valence electrons. The predicted octanol–water partition coefficient (Wildman–Crippen LogP) is 1.92. The molecule has 0 aliphatic heterocycles. The van der Waals surface area contributed by atoms with Crippen LogP contribution in [0.25, 0.3) is 0 Å². The Morgan fingerprint density at radius 1 is 1.11 bits per heavy atom. The van der Waals surface area contributed by atoms with Crippen molar-refractivity contribution in [2.45, 2.75) is 56.5 Å². The highest BCUT2D eigenvalue weighted by molar-refractivity contribution is 4.98. The van der Waals surface area contributed by atoms with Crippen LogP contribution < -0.4 is 5.73 Å². The highest BCUT2D eigenvalue weighted by Crippen LogP contribution is 2.37. The molecule has 0 bridgehead atoms. The van der Waals surface area contributed by atoms with Crippen molar-refractivity contribution in [3.63, 3.8) is 0 Å². The Balaban J connectivity index is 1.79. The van der Waals surface area contributed by atoms with Crippen LogP contribution in [0.2, 0.25) is 0 Å². The van der Waals surface area contributed by atoms with E-state index in [0.29, 0.717) is 11.6 Å². The van der Waals surface area contributed by atoms with Gasteiger partial charge in [-0.15, -0.1) is 0 Å². The lowest BCUT2D eigenvalue weighted by molar-refractivity contribution is 0.0222. The lowest BCUT2D eigenvalue weighted by atomic mass is 9.75. The van der Waals surface area contributed by atoms with Crippen molar-refractivity contribution < 1.29 is 0 Å². The second kappa shape index (κ2) is 5.89. The molecule has 2 fully saturated rings. The first-order valence-corrected chi connectivity index (χ1v) is 7.63. The molecule has 3 nitrogen and oxygen atoms in total. The molecule has 2 atom stereocenters. The van der Waals surface area contributed by atoms with E-state index in [1.54, 1.807) is 0 Å². The summed E-state index contributed by atoms with van der Waals surface area (Å²) in [5, 5.41) is 0. The van der Waals surface area contributed by atoms with Crippen molar-refractivity contribution in [2.75, 3.05) is 34.2 Å². The molecule has 2 unspecified atom stereocenters. The number of hydrogen-bond acceptors (Lipinski definition) is 3. The largest absolute Gasteiger partial charge is 0.328 e. The molecule has 2 aliphatic carbocycles. The summed E-state index contributed by atoms with van der Waals surface area (Å²) in [5.74, 6) is 0.832. The van der Waals surface area contributed by atoms with Gasteiger partial charge in [-0.05, 0) is 65.6 Å². The molecule has 0 aromatic rings. The Hall–Kier alpha value is -0.120. The lowest BCUT2D eigenvalue weighted by Gasteiger charge is -2.49. The van der Waals surface area contributed by atoms with Gasteiger partial charge in [-0.25, -0.2) is 0 Å². The van der Waals surface area contributed by atoms with Gasteiger partial charge in [0, 0.05) is 24.7 Å². The highest BCUT2D eigenvalue weighted by Gasteiger charge is 2.40. The van der Waals surface area contributed by atoms with Crippen LogP contribution >= 0.6 is 0 Å². The SMILES string of the molecule is CN(CC1CCCC(N)C1)CC1(N(C)C)CCC1. The van der Waals surface area contributed by atoms with Crippen molar-refractivity contribution >= 4 is 0 Å². The topological polar surface area (TPSA) is 32.5 Å². The van der Waals surface area contributed by atoms with Crippen LogP contribution in [0.3, 0.4) is 0 Å². The fourth-order valence-electron chi connectivity index (χ4n) is 3.84. The third kappa shape index (κ3) is 3.25. The molecule has 2 saturated carbocycles. The van der Waals surface area contributed by atoms with Gasteiger partial charge in [0.15, 0.2) is 0 Å². The number of hydrogen-bond donors (Lipinski definition) is 1. The molecule has 0 radical (unpaired) electrons. The standard InChI is InChI=1S/C15H31N3/c1-17(2)15(8-5-9-15)12-18(3)11-13-6-4-7-14(16)10-13/h13-14H,4-12,16H2,1-3H3. The van der Waals surface area contributed by atoms with Gasteiger partial charge < -0.3 is 15.5 Å². The van der Waals surface area contributed by atoms with Gasteiger partial charge in [-0.3, -0.25) is 0 Å². The molecule has 0 aromatic heterocycles. The summed E-state index contributed by atoms with van der Waals surface area (Å²) < 4.78 is 0. The summed E-state index contributed by atoms with van der Waals surface area (Å²) in [7, 11) is 6.77. The van der Waals surface area contributed by atoms with E-state index in [9.17, 15) is 0 Å². The molecule has 0 spiro atoms. The second-order valence-corrected chi connectivity index (χ2v) is 6.96. The predicted molar refractivity (Wildman–Crippen MR) is 77.7 cm³/mol. The number of nitrogens with two attached hydrogens (primary N) is 1. The first-order chi connectivity index (χ1) is 8.52. The van der Waals surface area contributed by atoms with E-state index in [4.69, 9.17) is 5.73 Å². The van der Waals surface area contributed by atoms with Gasteiger partial charge in [-0.1, -0.05) is 6.42 Å². The summed E-state index contributed by atoms with van der Waals surface area (Å²) in [6, 6.07) is 0.462. The maximum Gasteiger partial charge on any atom is 0.0330 e. The number of likely N-dealkylation sites (N-methyl/N-ethyl adjacent to an activating group) is 2. The van der Waals surface area contributed by atoms with Crippen molar-refractivity contribution in [2.24, 2.45) is 11.7 Å². The van der Waals surface area contributed by atoms with E-state index in [0.717, 1.165) is 5.92 Å². The minimum atomic E-state index is 0.462. The molecule has 2 rings (SSSR count). The Bertz CT molecular complexity index is 260. The van der Waals surface area contributed by atoms with Gasteiger partial charge in [0.05, 0.1) is 0 Å². The Kier molecular flexibility index (Phi) is 4.68. The number of rotatable bonds is 5. The van der Waals surface area contributed by atoms with Crippen LogP contribution in [0, 0.1) is 5.92 Å². The molecular weight excluding hydrogens is 222 g/mol. The van der Waals surface area contributed by atoms with E-state index in [2.05, 4.69) is 30.9 Å². The maximum atomic E-state index is 6.09. The lowest BCUT2D eigenvalue weighted by Crippen LogP contribution is -2.57. The Labute approximate surface area is 113 Å². The quantitative estimate of drug-likeness (QED) is 0.812. The summed E-state index contributed by atoms with van der Waals surface area (Å²) in [6.07, 6.45) is 9.33. The summed E-state index contributed by atoms with van der Waals surface area (Å²) in [5.41, 5.74) is 6.55. The fourth-order valence-corrected chi connectivity index (χ4v) is 3.84. The second-order valence-electron chi connectivity index (χ2n) is 6.96. The monoisotopic (exact) mass is 253 g/mol. The van der Waals surface area contributed by atoms with Crippen LogP contribution in [0.1, 0.15) is 44.9 Å². The van der Waals surface area contributed by atoms with Crippen LogP contribution in [0.4, 0.5) is 0 Å². The average molecular weight is 253 g/mol. The van der Waals surface area contributed by atoms with Crippen molar-refractivity contribution in [3.8, 4) is 0 Å². The van der Waals surface area contributed by atoms with Crippen LogP contribution in [-0.2, 0) is 0 Å². The van der Waals surface area contributed by atoms with Crippen molar-refractivity contribution in [1.82, 2.24) is 9.80 Å². The minimum absolute atomic E-state index is 0.462. The van der Waals surface area contributed by atoms with Gasteiger partial charge in [0.1, 0.15) is 0 Å². The normalized spacial score (nSPS) is 31.7. The van der Waals surface area contributed by atoms with Crippen LogP contribution in [0.15, 0.2) is 0 Å². The molecular formula is C15H31N3. The maximum absolute atomic E-state index is 6.09. The minimum Gasteiger partial charge on any atom is -0.328 e. The summed E-state index contributed by atoms with van der Waals surface area (Å²) >= 11 is 0. The van der Waals surface area contributed by atoms with Crippen molar-refractivity contribution in [1.29, 1.82) is 0 Å². The zero-order valence-electron chi connectivity index (χ0n) is 12.5. The van der Waals surface area contributed by atoms with E-state index in [1.165, 1.54) is 58.0 Å². The molecule has 2 aliphatic rings. The highest BCUT2D eigenvalue weighted by atomic mass is 15.2. The molecule has 0 heterocycles. The van der Waals surface area contributed by atoms with Crippen LogP contribution in [0.5, 0.6) is 0 Å². The number of nitrogens with zero attached hydrogens (tertiary/aromatic N) is 2. The molecule has 0 aromatic carbocycles. The molecule has 3 heteroatoms. The van der Waals surface area contributed by atoms with E-state index in [1.807, 2.05) is 0 Å². The van der Waals surface area contributed by atoms with E-state index < -0.39 is 0 Å². The molecule has 0 saturated heterocycles. The third-order valence-electron chi connectivity index (χ3n) is 5.19.